The van der Waals surface area contributed by atoms with E-state index in [1.807, 2.05) is 6.07 Å². The highest BCUT2D eigenvalue weighted by atomic mass is 32.1. The van der Waals surface area contributed by atoms with Crippen LogP contribution in [0.3, 0.4) is 0 Å². The Labute approximate surface area is 136 Å². The molecule has 0 aliphatic carbocycles. The molecule has 0 unspecified atom stereocenters. The summed E-state index contributed by atoms with van der Waals surface area (Å²) in [5, 5.41) is 11.2. The van der Waals surface area contributed by atoms with E-state index in [4.69, 9.17) is 10.5 Å². The van der Waals surface area contributed by atoms with Crippen LogP contribution in [0.2, 0.25) is 0 Å². The van der Waals surface area contributed by atoms with Gasteiger partial charge in [0.2, 0.25) is 0 Å². The molecule has 0 radical (unpaired) electrons. The predicted molar refractivity (Wildman–Crippen MR) is 87.8 cm³/mol. The smallest absolute Gasteiger partial charge is 0.348 e. The number of esters is 1. The molecule has 0 spiro atoms. The molecule has 0 amide bonds. The molecule has 0 saturated carbocycles. The second-order valence-corrected chi connectivity index (χ2v) is 5.63. The maximum absolute atomic E-state index is 11.6. The monoisotopic (exact) mass is 324 g/mol. The summed E-state index contributed by atoms with van der Waals surface area (Å²) in [6.45, 7) is 0. The molecule has 7 heteroatoms. The minimum absolute atomic E-state index is 0.159. The zero-order chi connectivity index (χ0) is 16.4. The van der Waals surface area contributed by atoms with Crippen LogP contribution >= 0.6 is 11.3 Å². The van der Waals surface area contributed by atoms with Crippen LogP contribution in [0.4, 0.5) is 5.82 Å². The maximum Gasteiger partial charge on any atom is 0.348 e. The second-order valence-electron chi connectivity index (χ2n) is 4.72. The van der Waals surface area contributed by atoms with Gasteiger partial charge in [0.15, 0.2) is 0 Å². The van der Waals surface area contributed by atoms with Crippen LogP contribution < -0.4 is 5.73 Å². The van der Waals surface area contributed by atoms with Crippen molar-refractivity contribution in [1.29, 1.82) is 5.26 Å². The summed E-state index contributed by atoms with van der Waals surface area (Å²) < 4.78 is 4.71. The molecule has 3 aromatic heterocycles. The van der Waals surface area contributed by atoms with Crippen molar-refractivity contribution < 1.29 is 9.53 Å². The van der Waals surface area contributed by atoms with Gasteiger partial charge in [-0.1, -0.05) is 0 Å². The van der Waals surface area contributed by atoms with Crippen molar-refractivity contribution in [2.24, 2.45) is 0 Å². The van der Waals surface area contributed by atoms with Gasteiger partial charge >= 0.3 is 5.97 Å². The van der Waals surface area contributed by atoms with E-state index in [2.05, 4.69) is 16.0 Å². The van der Waals surface area contributed by atoms with E-state index in [0.29, 0.717) is 21.7 Å². The molecule has 0 aliphatic heterocycles. The largest absolute Gasteiger partial charge is 0.465 e. The van der Waals surface area contributed by atoms with Crippen molar-refractivity contribution >= 4 is 23.1 Å². The molecule has 0 atom stereocenters. The Hall–Kier alpha value is -3.11. The van der Waals surface area contributed by atoms with Crippen LogP contribution in [0.15, 0.2) is 36.0 Å². The number of pyridine rings is 1. The normalized spacial score (nSPS) is 10.3. The van der Waals surface area contributed by atoms with Gasteiger partial charge in [-0.3, -0.25) is 0 Å². The van der Waals surface area contributed by atoms with Crippen molar-refractivity contribution in [3.05, 3.63) is 46.4 Å². The van der Waals surface area contributed by atoms with E-state index in [9.17, 15) is 10.1 Å². The molecule has 0 fully saturated rings. The van der Waals surface area contributed by atoms with E-state index in [1.165, 1.54) is 18.4 Å². The third-order valence-corrected chi connectivity index (χ3v) is 4.26. The average molecular weight is 324 g/mol. The van der Waals surface area contributed by atoms with Crippen molar-refractivity contribution in [2.75, 3.05) is 12.8 Å². The fourth-order valence-corrected chi connectivity index (χ4v) is 3.05. The Morgan fingerprint density at radius 1 is 1.43 bits per heavy atom. The summed E-state index contributed by atoms with van der Waals surface area (Å²) in [4.78, 5) is 19.3. The van der Waals surface area contributed by atoms with Crippen molar-refractivity contribution in [3.8, 4) is 28.5 Å². The number of nitrogens with zero attached hydrogens (tertiary/aromatic N) is 2. The first kappa shape index (κ1) is 14.8. The van der Waals surface area contributed by atoms with Crippen LogP contribution in [-0.2, 0) is 4.74 Å². The number of nitrogen functional groups attached to an aromatic ring is 1. The van der Waals surface area contributed by atoms with Crippen LogP contribution in [0.1, 0.15) is 15.2 Å². The van der Waals surface area contributed by atoms with Gasteiger partial charge in [-0.05, 0) is 29.1 Å². The molecule has 0 saturated heterocycles. The van der Waals surface area contributed by atoms with Gasteiger partial charge in [0, 0.05) is 23.5 Å². The Balaban J connectivity index is 2.16. The number of ether oxygens (including phenoxy) is 1. The molecular formula is C16H12N4O2S. The highest BCUT2D eigenvalue weighted by molar-refractivity contribution is 7.12. The first-order valence-electron chi connectivity index (χ1n) is 6.65. The molecule has 6 nitrogen and oxygen atoms in total. The molecule has 0 aliphatic rings. The molecule has 114 valence electrons. The van der Waals surface area contributed by atoms with E-state index < -0.39 is 5.97 Å². The number of anilines is 1. The number of hydrogen-bond acceptors (Lipinski definition) is 6. The molecule has 0 aromatic carbocycles. The van der Waals surface area contributed by atoms with Gasteiger partial charge in [0.25, 0.3) is 0 Å². The lowest BCUT2D eigenvalue weighted by Gasteiger charge is -2.07. The highest BCUT2D eigenvalue weighted by Gasteiger charge is 2.17. The van der Waals surface area contributed by atoms with Gasteiger partial charge in [0.05, 0.1) is 12.8 Å². The first-order valence-corrected chi connectivity index (χ1v) is 7.53. The fourth-order valence-electron chi connectivity index (χ4n) is 2.23. The van der Waals surface area contributed by atoms with Crippen LogP contribution in [-0.4, -0.2) is 23.0 Å². The molecule has 0 bridgehead atoms. The zero-order valence-electron chi connectivity index (χ0n) is 12.2. The third kappa shape index (κ3) is 2.67. The molecule has 3 N–H and O–H groups in total. The number of nitriles is 1. The molecule has 3 rings (SSSR count). The van der Waals surface area contributed by atoms with Crippen molar-refractivity contribution in [1.82, 2.24) is 9.97 Å². The Bertz CT molecular complexity index is 907. The molecular weight excluding hydrogens is 312 g/mol. The number of aromatic nitrogens is 2. The molecule has 3 aromatic rings. The van der Waals surface area contributed by atoms with Crippen molar-refractivity contribution in [2.45, 2.75) is 0 Å². The number of carbonyl (C=O) groups is 1. The molecule has 23 heavy (non-hydrogen) atoms. The van der Waals surface area contributed by atoms with Crippen molar-refractivity contribution in [3.63, 3.8) is 0 Å². The van der Waals surface area contributed by atoms with E-state index in [-0.39, 0.29) is 5.82 Å². The number of methoxy groups -OCH3 is 1. The Morgan fingerprint density at radius 2 is 2.26 bits per heavy atom. The number of aromatic amines is 1. The standard InChI is InChI=1S/C16H12N4O2S/c1-22-16(21)14-4-10(8-23-14)11-5-13(9-2-3-19-7-9)20-15(18)12(11)6-17/h2-5,7-8,19H,1H3,(H2,18,20). The number of carbonyl (C=O) groups excluding carboxylic acids is 1. The number of thiophene rings is 1. The van der Waals surface area contributed by atoms with Gasteiger partial charge in [-0.2, -0.15) is 5.26 Å². The van der Waals surface area contributed by atoms with Gasteiger partial charge in [-0.25, -0.2) is 9.78 Å². The fraction of sp³-hybridized carbons (Fsp3) is 0.0625. The summed E-state index contributed by atoms with van der Waals surface area (Å²) in [6, 6.07) is 7.43. The lowest BCUT2D eigenvalue weighted by atomic mass is 10.0. The number of nitrogens with two attached hydrogens (primary N) is 1. The van der Waals surface area contributed by atoms with Gasteiger partial charge in [0.1, 0.15) is 22.3 Å². The maximum atomic E-state index is 11.6. The minimum Gasteiger partial charge on any atom is -0.465 e. The summed E-state index contributed by atoms with van der Waals surface area (Å²) >= 11 is 1.25. The highest BCUT2D eigenvalue weighted by Crippen LogP contribution is 2.33. The summed E-state index contributed by atoms with van der Waals surface area (Å²) in [7, 11) is 1.33. The second kappa shape index (κ2) is 5.94. The topological polar surface area (TPSA) is 105 Å². The number of H-pyrrole nitrogens is 1. The van der Waals surface area contributed by atoms with Crippen LogP contribution in [0, 0.1) is 11.3 Å². The number of nitrogens with one attached hydrogen (secondary N) is 1. The SMILES string of the molecule is COC(=O)c1cc(-c2cc(-c3cc[nH]c3)nc(N)c2C#N)cs1. The lowest BCUT2D eigenvalue weighted by molar-refractivity contribution is 0.0606. The Morgan fingerprint density at radius 3 is 2.91 bits per heavy atom. The van der Waals surface area contributed by atoms with E-state index in [0.717, 1.165) is 11.1 Å². The zero-order valence-corrected chi connectivity index (χ0v) is 13.0. The van der Waals surface area contributed by atoms with E-state index >= 15 is 0 Å². The number of hydrogen-bond donors (Lipinski definition) is 2. The first-order chi connectivity index (χ1) is 11.1. The summed E-state index contributed by atoms with van der Waals surface area (Å²) in [6.07, 6.45) is 3.58. The minimum atomic E-state index is -0.410. The predicted octanol–water partition coefficient (Wildman–Crippen LogP) is 3.05. The summed E-state index contributed by atoms with van der Waals surface area (Å²) in [5.41, 5.74) is 9.13. The average Bonchev–Trinajstić information content (AvgIpc) is 3.24. The van der Waals surface area contributed by atoms with E-state index in [1.54, 1.807) is 29.9 Å². The third-order valence-electron chi connectivity index (χ3n) is 3.35. The lowest BCUT2D eigenvalue weighted by Crippen LogP contribution is -1.99. The van der Waals surface area contributed by atoms with Crippen LogP contribution in [0.5, 0.6) is 0 Å². The Kier molecular flexibility index (Phi) is 3.83. The quantitative estimate of drug-likeness (QED) is 0.720. The van der Waals surface area contributed by atoms with Gasteiger partial charge in [-0.15, -0.1) is 11.3 Å². The number of rotatable bonds is 3. The molecule has 3 heterocycles. The van der Waals surface area contributed by atoms with Gasteiger partial charge < -0.3 is 15.5 Å². The van der Waals surface area contributed by atoms with Crippen LogP contribution in [0.25, 0.3) is 22.4 Å². The summed E-state index contributed by atoms with van der Waals surface area (Å²) in [5.74, 6) is -0.250.